The number of carbonyl (C=O) groups is 2. The Morgan fingerprint density at radius 1 is 1.33 bits per heavy atom. The monoisotopic (exact) mass is 405 g/mol. The molecule has 27 heavy (non-hydrogen) atoms. The molecule has 1 aromatic carbocycles. The second-order valence-corrected chi connectivity index (χ2v) is 5.77. The molecule has 1 N–H and O–H groups in total. The molecule has 0 aliphatic heterocycles. The fourth-order valence-electron chi connectivity index (χ4n) is 2.45. The topological polar surface area (TPSA) is 80.0 Å². The van der Waals surface area contributed by atoms with Crippen molar-refractivity contribution in [2.75, 3.05) is 11.5 Å². The molecule has 0 bridgehead atoms. The molecule has 0 spiro atoms. The zero-order valence-electron chi connectivity index (χ0n) is 14.2. The SMILES string of the molecule is CCOC(=O)c1cc(C(C(=O)O)N(c2ccc(Cl)c(F)c2)C(F)F)oc1C. The number of rotatable bonds is 7. The quantitative estimate of drug-likeness (QED) is 0.543. The Hall–Kier alpha value is -2.68. The molecule has 1 heterocycles. The molecule has 6 nitrogen and oxygen atoms in total. The molecule has 0 radical (unpaired) electrons. The number of hydrogen-bond donors (Lipinski definition) is 1. The molecule has 0 aliphatic carbocycles. The number of furan rings is 1. The Balaban J connectivity index is 2.54. The zero-order chi connectivity index (χ0) is 20.3. The standard InChI is InChI=1S/C17H15ClF3NO5/c1-3-26-16(25)10-7-13(27-8(10)2)14(15(23)24)22(17(20)21)9-4-5-11(18)12(19)6-9/h4-7,14,17H,3H2,1-2H3,(H,23,24). The summed E-state index contributed by atoms with van der Waals surface area (Å²) in [6.45, 7) is -0.317. The number of alkyl halides is 2. The highest BCUT2D eigenvalue weighted by atomic mass is 35.5. The van der Waals surface area contributed by atoms with Gasteiger partial charge in [0.25, 0.3) is 0 Å². The van der Waals surface area contributed by atoms with Crippen molar-refractivity contribution in [2.45, 2.75) is 26.4 Å². The predicted molar refractivity (Wildman–Crippen MR) is 89.7 cm³/mol. The zero-order valence-corrected chi connectivity index (χ0v) is 15.0. The number of anilines is 1. The number of carbonyl (C=O) groups excluding carboxylic acids is 1. The Morgan fingerprint density at radius 3 is 2.52 bits per heavy atom. The van der Waals surface area contributed by atoms with Crippen LogP contribution in [0.5, 0.6) is 0 Å². The maximum Gasteiger partial charge on any atom is 0.341 e. The van der Waals surface area contributed by atoms with Crippen LogP contribution in [0, 0.1) is 12.7 Å². The fraction of sp³-hybridized carbons (Fsp3) is 0.294. The van der Waals surface area contributed by atoms with E-state index in [0.717, 1.165) is 18.2 Å². The maximum atomic E-state index is 13.7. The van der Waals surface area contributed by atoms with Crippen LogP contribution in [0.4, 0.5) is 18.9 Å². The van der Waals surface area contributed by atoms with Crippen molar-refractivity contribution in [3.8, 4) is 0 Å². The molecule has 0 fully saturated rings. The van der Waals surface area contributed by atoms with Crippen LogP contribution < -0.4 is 4.90 Å². The summed E-state index contributed by atoms with van der Waals surface area (Å²) in [4.78, 5) is 23.7. The number of nitrogens with zero attached hydrogens (tertiary/aromatic N) is 1. The lowest BCUT2D eigenvalue weighted by Gasteiger charge is -2.28. The van der Waals surface area contributed by atoms with E-state index in [9.17, 15) is 27.9 Å². The molecule has 2 rings (SSSR count). The average Bonchev–Trinajstić information content (AvgIpc) is 2.96. The summed E-state index contributed by atoms with van der Waals surface area (Å²) in [5.74, 6) is -3.89. The van der Waals surface area contributed by atoms with E-state index >= 15 is 0 Å². The van der Waals surface area contributed by atoms with Gasteiger partial charge >= 0.3 is 18.5 Å². The van der Waals surface area contributed by atoms with Gasteiger partial charge in [-0.2, -0.15) is 8.78 Å². The minimum absolute atomic E-state index is 0.00574. The molecule has 0 saturated carbocycles. The van der Waals surface area contributed by atoms with Crippen LogP contribution >= 0.6 is 11.6 Å². The van der Waals surface area contributed by atoms with Gasteiger partial charge in [-0.15, -0.1) is 0 Å². The van der Waals surface area contributed by atoms with E-state index < -0.39 is 41.8 Å². The normalized spacial score (nSPS) is 12.1. The summed E-state index contributed by atoms with van der Waals surface area (Å²) in [6, 6.07) is 1.76. The lowest BCUT2D eigenvalue weighted by molar-refractivity contribution is -0.140. The number of esters is 1. The number of aliphatic carboxylic acids is 1. The van der Waals surface area contributed by atoms with E-state index in [4.69, 9.17) is 20.8 Å². The number of halogens is 4. The van der Waals surface area contributed by atoms with E-state index in [-0.39, 0.29) is 27.9 Å². The Labute approximate surface area is 157 Å². The van der Waals surface area contributed by atoms with E-state index in [2.05, 4.69) is 0 Å². The number of carboxylic acids is 1. The van der Waals surface area contributed by atoms with Gasteiger partial charge in [0.15, 0.2) is 6.04 Å². The van der Waals surface area contributed by atoms with Gasteiger partial charge in [0.2, 0.25) is 0 Å². The first-order chi connectivity index (χ1) is 12.7. The van der Waals surface area contributed by atoms with Crippen molar-refractivity contribution in [1.82, 2.24) is 0 Å². The highest BCUT2D eigenvalue weighted by molar-refractivity contribution is 6.30. The average molecular weight is 406 g/mol. The molecule has 146 valence electrons. The fourth-order valence-corrected chi connectivity index (χ4v) is 2.57. The van der Waals surface area contributed by atoms with E-state index in [0.29, 0.717) is 6.07 Å². The van der Waals surface area contributed by atoms with Crippen molar-refractivity contribution in [3.63, 3.8) is 0 Å². The molecule has 0 aliphatic rings. The van der Waals surface area contributed by atoms with Crippen molar-refractivity contribution in [3.05, 3.63) is 52.2 Å². The molecule has 1 atom stereocenters. The van der Waals surface area contributed by atoms with Crippen molar-refractivity contribution < 1.29 is 37.0 Å². The van der Waals surface area contributed by atoms with Gasteiger partial charge in [-0.05, 0) is 38.1 Å². The van der Waals surface area contributed by atoms with E-state index in [1.807, 2.05) is 0 Å². The second-order valence-electron chi connectivity index (χ2n) is 5.36. The van der Waals surface area contributed by atoms with Crippen LogP contribution in [0.1, 0.15) is 34.8 Å². The smallest absolute Gasteiger partial charge is 0.341 e. The highest BCUT2D eigenvalue weighted by Gasteiger charge is 2.37. The summed E-state index contributed by atoms with van der Waals surface area (Å²) in [6.07, 6.45) is 0. The molecule has 1 aromatic heterocycles. The third-order valence-corrected chi connectivity index (χ3v) is 3.93. The summed E-state index contributed by atoms with van der Waals surface area (Å²) in [5, 5.41) is 9.20. The largest absolute Gasteiger partial charge is 0.479 e. The van der Waals surface area contributed by atoms with E-state index in [1.165, 1.54) is 6.92 Å². The Bertz CT molecular complexity index is 855. The number of aryl methyl sites for hydroxylation is 1. The minimum Gasteiger partial charge on any atom is -0.479 e. The van der Waals surface area contributed by atoms with Crippen LogP contribution in [-0.2, 0) is 9.53 Å². The van der Waals surface area contributed by atoms with Crippen LogP contribution in [0.2, 0.25) is 5.02 Å². The van der Waals surface area contributed by atoms with Gasteiger partial charge in [0, 0.05) is 5.69 Å². The van der Waals surface area contributed by atoms with Crippen LogP contribution in [-0.4, -0.2) is 30.2 Å². The van der Waals surface area contributed by atoms with Crippen LogP contribution in [0.25, 0.3) is 0 Å². The lowest BCUT2D eigenvalue weighted by Crippen LogP contribution is -2.38. The molecule has 0 saturated heterocycles. The number of benzene rings is 1. The highest BCUT2D eigenvalue weighted by Crippen LogP contribution is 2.34. The first-order valence-corrected chi connectivity index (χ1v) is 8.07. The predicted octanol–water partition coefficient (Wildman–Crippen LogP) is 4.41. The third-order valence-electron chi connectivity index (χ3n) is 3.63. The maximum absolute atomic E-state index is 13.7. The molecular formula is C17H15ClF3NO5. The second kappa shape index (κ2) is 8.34. The molecule has 2 aromatic rings. The number of carboxylic acid groups (broad SMARTS) is 1. The summed E-state index contributed by atoms with van der Waals surface area (Å²) >= 11 is 5.55. The first-order valence-electron chi connectivity index (χ1n) is 7.69. The summed E-state index contributed by atoms with van der Waals surface area (Å²) < 4.78 is 51.1. The van der Waals surface area contributed by atoms with Gasteiger partial charge in [-0.3, -0.25) is 4.90 Å². The first kappa shape index (κ1) is 20.6. The number of ether oxygens (including phenoxy) is 1. The van der Waals surface area contributed by atoms with Crippen molar-refractivity contribution in [1.29, 1.82) is 0 Å². The Morgan fingerprint density at radius 2 is 2.00 bits per heavy atom. The lowest BCUT2D eigenvalue weighted by atomic mass is 10.1. The van der Waals surface area contributed by atoms with Crippen LogP contribution in [0.15, 0.2) is 28.7 Å². The van der Waals surface area contributed by atoms with Gasteiger partial charge in [-0.1, -0.05) is 11.6 Å². The molecule has 1 unspecified atom stereocenters. The van der Waals surface area contributed by atoms with E-state index in [1.54, 1.807) is 6.92 Å². The summed E-state index contributed by atoms with van der Waals surface area (Å²) in [7, 11) is 0. The van der Waals surface area contributed by atoms with Crippen LogP contribution in [0.3, 0.4) is 0 Å². The molecular weight excluding hydrogens is 391 g/mol. The Kier molecular flexibility index (Phi) is 6.37. The third kappa shape index (κ3) is 4.36. The molecule has 10 heteroatoms. The van der Waals surface area contributed by atoms with Gasteiger partial charge in [-0.25, -0.2) is 14.0 Å². The molecule has 0 amide bonds. The van der Waals surface area contributed by atoms with Gasteiger partial charge < -0.3 is 14.3 Å². The van der Waals surface area contributed by atoms with Crippen molar-refractivity contribution >= 4 is 29.2 Å². The summed E-state index contributed by atoms with van der Waals surface area (Å²) in [5.41, 5.74) is -0.513. The van der Waals surface area contributed by atoms with Gasteiger partial charge in [0.1, 0.15) is 22.9 Å². The minimum atomic E-state index is -3.32. The van der Waals surface area contributed by atoms with Crippen molar-refractivity contribution in [2.24, 2.45) is 0 Å². The van der Waals surface area contributed by atoms with Gasteiger partial charge in [0.05, 0.1) is 11.6 Å². The number of hydrogen-bond acceptors (Lipinski definition) is 5.